The second-order valence-corrected chi connectivity index (χ2v) is 11.1. The minimum absolute atomic E-state index is 0.328. The van der Waals surface area contributed by atoms with Gasteiger partial charge in [0.05, 0.1) is 14.2 Å². The Morgan fingerprint density at radius 3 is 2.55 bits per heavy atom. The first-order valence-electron chi connectivity index (χ1n) is 14.5. The minimum Gasteiger partial charge on any atom is -0.493 e. The van der Waals surface area contributed by atoms with Gasteiger partial charge in [-0.3, -0.25) is 4.90 Å². The molecule has 2 aliphatic heterocycles. The van der Waals surface area contributed by atoms with E-state index < -0.39 is 0 Å². The molecule has 4 aromatic rings. The molecule has 0 spiro atoms. The van der Waals surface area contributed by atoms with Crippen LogP contribution in [0.3, 0.4) is 0 Å². The second-order valence-electron chi connectivity index (χ2n) is 11.1. The van der Waals surface area contributed by atoms with Crippen molar-refractivity contribution in [2.45, 2.75) is 44.8 Å². The van der Waals surface area contributed by atoms with Crippen molar-refractivity contribution in [2.24, 2.45) is 5.92 Å². The topological polar surface area (TPSA) is 56.0 Å². The van der Waals surface area contributed by atoms with Gasteiger partial charge in [-0.05, 0) is 90.6 Å². The zero-order valence-electron chi connectivity index (χ0n) is 23.7. The van der Waals surface area contributed by atoms with Crippen molar-refractivity contribution in [1.82, 2.24) is 9.88 Å². The van der Waals surface area contributed by atoms with Gasteiger partial charge < -0.3 is 23.9 Å². The van der Waals surface area contributed by atoms with E-state index in [-0.39, 0.29) is 0 Å². The standard InChI is InChI=1S/C34H40N2O4/c1-37-33-18-26-12-15-36(22-24-13-16-39-17-14-24)32(30(26)20-34(33)38-2)11-8-27-21-35-31-10-9-28(19-29(27)31)40-23-25-6-4-3-5-7-25/h3-7,9-10,18-21,24,32,35H,8,11-17,22-23H2,1-2H3. The van der Waals surface area contributed by atoms with Crippen LogP contribution in [-0.2, 0) is 24.2 Å². The summed E-state index contributed by atoms with van der Waals surface area (Å²) < 4.78 is 23.2. The van der Waals surface area contributed by atoms with Crippen LogP contribution in [-0.4, -0.2) is 50.4 Å². The lowest BCUT2D eigenvalue weighted by molar-refractivity contribution is 0.0423. The van der Waals surface area contributed by atoms with E-state index in [2.05, 4.69) is 58.5 Å². The first-order chi connectivity index (χ1) is 19.7. The molecule has 2 aliphatic rings. The highest BCUT2D eigenvalue weighted by Gasteiger charge is 2.31. The summed E-state index contributed by atoms with van der Waals surface area (Å²) in [5.74, 6) is 3.22. The monoisotopic (exact) mass is 540 g/mol. The van der Waals surface area contributed by atoms with Crippen molar-refractivity contribution in [3.05, 3.63) is 89.1 Å². The van der Waals surface area contributed by atoms with Crippen molar-refractivity contribution in [1.29, 1.82) is 0 Å². The number of rotatable bonds is 10. The molecule has 0 bridgehead atoms. The van der Waals surface area contributed by atoms with E-state index in [1.807, 2.05) is 18.2 Å². The molecule has 0 radical (unpaired) electrons. The van der Waals surface area contributed by atoms with Crippen molar-refractivity contribution in [3.63, 3.8) is 0 Å². The first kappa shape index (κ1) is 26.7. The Morgan fingerprint density at radius 2 is 1.75 bits per heavy atom. The van der Waals surface area contributed by atoms with Crippen LogP contribution in [0.25, 0.3) is 10.9 Å². The Labute approximate surface area is 237 Å². The Bertz CT molecular complexity index is 1410. The van der Waals surface area contributed by atoms with Gasteiger partial charge in [0, 0.05) is 49.4 Å². The largest absolute Gasteiger partial charge is 0.493 e. The molecule has 1 atom stereocenters. The zero-order chi connectivity index (χ0) is 27.3. The van der Waals surface area contributed by atoms with E-state index in [4.69, 9.17) is 18.9 Å². The molecule has 1 saturated heterocycles. The normalized spacial score (nSPS) is 18.0. The van der Waals surface area contributed by atoms with Crippen molar-refractivity contribution in [3.8, 4) is 17.2 Å². The highest BCUT2D eigenvalue weighted by atomic mass is 16.5. The quantitative estimate of drug-likeness (QED) is 0.242. The molecule has 6 rings (SSSR count). The number of nitrogens with zero attached hydrogens (tertiary/aromatic N) is 1. The fourth-order valence-electron chi connectivity index (χ4n) is 6.38. The van der Waals surface area contributed by atoms with Crippen molar-refractivity contribution < 1.29 is 18.9 Å². The Balaban J connectivity index is 1.24. The summed E-state index contributed by atoms with van der Waals surface area (Å²) in [5, 5.41) is 1.24. The molecule has 0 amide bonds. The van der Waals surface area contributed by atoms with Crippen LogP contribution in [0.5, 0.6) is 17.2 Å². The lowest BCUT2D eigenvalue weighted by Gasteiger charge is -2.40. The number of aryl methyl sites for hydroxylation is 1. The van der Waals surface area contributed by atoms with Crippen LogP contribution in [0, 0.1) is 5.92 Å². The van der Waals surface area contributed by atoms with E-state index in [1.54, 1.807) is 14.2 Å². The summed E-state index contributed by atoms with van der Waals surface area (Å²) in [5.41, 5.74) is 6.41. The number of ether oxygens (including phenoxy) is 4. The second kappa shape index (κ2) is 12.4. The molecular formula is C34H40N2O4. The van der Waals surface area contributed by atoms with Gasteiger partial charge in [0.25, 0.3) is 0 Å². The molecule has 1 fully saturated rings. The van der Waals surface area contributed by atoms with Crippen LogP contribution in [0.4, 0.5) is 0 Å². The van der Waals surface area contributed by atoms with Crippen molar-refractivity contribution >= 4 is 10.9 Å². The number of benzene rings is 3. The fraction of sp³-hybridized carbons (Fsp3) is 0.412. The highest BCUT2D eigenvalue weighted by Crippen LogP contribution is 2.41. The summed E-state index contributed by atoms with van der Waals surface area (Å²) >= 11 is 0. The molecule has 6 nitrogen and oxygen atoms in total. The third kappa shape index (κ3) is 5.84. The van der Waals surface area contributed by atoms with Crippen LogP contribution in [0.15, 0.2) is 66.9 Å². The van der Waals surface area contributed by atoms with Gasteiger partial charge in [-0.25, -0.2) is 0 Å². The van der Waals surface area contributed by atoms with E-state index >= 15 is 0 Å². The van der Waals surface area contributed by atoms with Gasteiger partial charge in [-0.1, -0.05) is 30.3 Å². The summed E-state index contributed by atoms with van der Waals surface area (Å²) in [6.45, 7) is 4.52. The SMILES string of the molecule is COc1cc2c(cc1OC)C(CCc1c[nH]c3ccc(OCc4ccccc4)cc13)N(CC1CCOCC1)CC2. The molecule has 3 aromatic carbocycles. The minimum atomic E-state index is 0.328. The molecule has 40 heavy (non-hydrogen) atoms. The van der Waals surface area contributed by atoms with Crippen LogP contribution >= 0.6 is 0 Å². The van der Waals surface area contributed by atoms with Crippen molar-refractivity contribution in [2.75, 3.05) is 40.5 Å². The average Bonchev–Trinajstić information content (AvgIpc) is 3.42. The van der Waals surface area contributed by atoms with Gasteiger partial charge in [-0.15, -0.1) is 0 Å². The molecule has 3 heterocycles. The predicted octanol–water partition coefficient (Wildman–Crippen LogP) is 6.72. The molecule has 1 N–H and O–H groups in total. The lowest BCUT2D eigenvalue weighted by Crippen LogP contribution is -2.40. The van der Waals surface area contributed by atoms with E-state index in [9.17, 15) is 0 Å². The number of aromatic nitrogens is 1. The molecule has 0 saturated carbocycles. The fourth-order valence-corrected chi connectivity index (χ4v) is 6.38. The van der Waals surface area contributed by atoms with Gasteiger partial charge >= 0.3 is 0 Å². The van der Waals surface area contributed by atoms with E-state index in [1.165, 1.54) is 27.6 Å². The van der Waals surface area contributed by atoms with Gasteiger partial charge in [0.2, 0.25) is 0 Å². The van der Waals surface area contributed by atoms with E-state index in [0.717, 1.165) is 81.2 Å². The molecular weight excluding hydrogens is 500 g/mol. The number of hydrogen-bond donors (Lipinski definition) is 1. The molecule has 0 aliphatic carbocycles. The Morgan fingerprint density at radius 1 is 0.950 bits per heavy atom. The van der Waals surface area contributed by atoms with Crippen LogP contribution < -0.4 is 14.2 Å². The number of methoxy groups -OCH3 is 2. The Kier molecular flexibility index (Phi) is 8.26. The molecule has 1 aromatic heterocycles. The Hall–Kier alpha value is -3.48. The average molecular weight is 541 g/mol. The highest BCUT2D eigenvalue weighted by molar-refractivity contribution is 5.84. The zero-order valence-corrected chi connectivity index (χ0v) is 23.7. The maximum atomic E-state index is 6.16. The van der Waals surface area contributed by atoms with Crippen LogP contribution in [0.1, 0.15) is 47.6 Å². The summed E-state index contributed by atoms with van der Waals surface area (Å²) in [6, 6.07) is 21.4. The maximum Gasteiger partial charge on any atom is 0.161 e. The smallest absolute Gasteiger partial charge is 0.161 e. The summed E-state index contributed by atoms with van der Waals surface area (Å²) in [7, 11) is 3.45. The number of H-pyrrole nitrogens is 1. The third-order valence-corrected chi connectivity index (χ3v) is 8.62. The molecule has 1 unspecified atom stereocenters. The van der Waals surface area contributed by atoms with Gasteiger partial charge in [0.15, 0.2) is 11.5 Å². The number of hydrogen-bond acceptors (Lipinski definition) is 5. The third-order valence-electron chi connectivity index (χ3n) is 8.62. The summed E-state index contributed by atoms with van der Waals surface area (Å²) in [6.07, 6.45) is 7.52. The van der Waals surface area contributed by atoms with Gasteiger partial charge in [-0.2, -0.15) is 0 Å². The maximum absolute atomic E-state index is 6.16. The number of nitrogens with one attached hydrogen (secondary N) is 1. The number of fused-ring (bicyclic) bond motifs is 2. The van der Waals surface area contributed by atoms with E-state index in [0.29, 0.717) is 18.6 Å². The lowest BCUT2D eigenvalue weighted by atomic mass is 9.87. The molecule has 6 heteroatoms. The summed E-state index contributed by atoms with van der Waals surface area (Å²) in [4.78, 5) is 6.20. The molecule has 210 valence electrons. The van der Waals surface area contributed by atoms with Crippen LogP contribution in [0.2, 0.25) is 0 Å². The predicted molar refractivity (Wildman–Crippen MR) is 159 cm³/mol. The first-order valence-corrected chi connectivity index (χ1v) is 14.5. The number of aromatic amines is 1. The van der Waals surface area contributed by atoms with Gasteiger partial charge in [0.1, 0.15) is 12.4 Å².